The minimum atomic E-state index is 0.354. The average molecular weight is 127 g/mol. The van der Waals surface area contributed by atoms with Crippen molar-refractivity contribution in [3.8, 4) is 0 Å². The van der Waals surface area contributed by atoms with E-state index < -0.39 is 0 Å². The normalized spacial score (nSPS) is 10.9. The molecule has 0 unspecified atom stereocenters. The summed E-state index contributed by atoms with van der Waals surface area (Å²) in [6.07, 6.45) is 4.87. The molecule has 0 atom stereocenters. The molecule has 8 heavy (non-hydrogen) atoms. The fourth-order valence-corrected chi connectivity index (χ4v) is 0.673. The Morgan fingerprint density at radius 3 is 2.75 bits per heavy atom. The second-order valence-corrected chi connectivity index (χ2v) is 1.94. The molecular weight excluding hydrogens is 120 g/mol. The number of hydrogen-bond donors (Lipinski definition) is 0. The summed E-state index contributed by atoms with van der Waals surface area (Å²) < 4.78 is 7.03. The maximum atomic E-state index is 7.03. The highest BCUT2D eigenvalue weighted by atomic mass is 32.2. The standard InChI is InChI=1S/C5H6N2S/c1-8-5-6-3-2-4-7-5/h2-4H,1H3/i2D. The highest BCUT2D eigenvalue weighted by molar-refractivity contribution is 7.98. The zero-order valence-electron chi connectivity index (χ0n) is 5.46. The van der Waals surface area contributed by atoms with Crippen molar-refractivity contribution in [3.05, 3.63) is 18.4 Å². The fraction of sp³-hybridized carbons (Fsp3) is 0.200. The molecule has 0 N–H and O–H groups in total. The number of nitrogens with zero attached hydrogens (tertiary/aromatic N) is 2. The van der Waals surface area contributed by atoms with Gasteiger partial charge in [-0.25, -0.2) is 9.97 Å². The van der Waals surface area contributed by atoms with Gasteiger partial charge in [0.15, 0.2) is 5.16 Å². The van der Waals surface area contributed by atoms with E-state index in [1.807, 2.05) is 6.26 Å². The van der Waals surface area contributed by atoms with E-state index in [1.54, 1.807) is 0 Å². The molecule has 0 saturated carbocycles. The summed E-state index contributed by atoms with van der Waals surface area (Å²) in [7, 11) is 0. The van der Waals surface area contributed by atoms with E-state index in [1.165, 1.54) is 24.2 Å². The smallest absolute Gasteiger partial charge is 0.187 e. The Morgan fingerprint density at radius 1 is 1.62 bits per heavy atom. The predicted octanol–water partition coefficient (Wildman–Crippen LogP) is 1.20. The summed E-state index contributed by atoms with van der Waals surface area (Å²) in [4.78, 5) is 7.72. The van der Waals surface area contributed by atoms with Gasteiger partial charge >= 0.3 is 0 Å². The van der Waals surface area contributed by atoms with Crippen LogP contribution in [0.4, 0.5) is 0 Å². The molecule has 1 aromatic rings. The van der Waals surface area contributed by atoms with Crippen molar-refractivity contribution >= 4 is 11.8 Å². The summed E-state index contributed by atoms with van der Waals surface area (Å²) >= 11 is 1.47. The molecule has 1 heterocycles. The molecule has 0 bridgehead atoms. The maximum absolute atomic E-state index is 7.03. The van der Waals surface area contributed by atoms with Crippen molar-refractivity contribution in [2.24, 2.45) is 0 Å². The molecule has 0 aliphatic carbocycles. The van der Waals surface area contributed by atoms with Crippen molar-refractivity contribution in [3.63, 3.8) is 0 Å². The van der Waals surface area contributed by atoms with Crippen LogP contribution in [-0.2, 0) is 0 Å². The maximum Gasteiger partial charge on any atom is 0.187 e. The quantitative estimate of drug-likeness (QED) is 0.418. The first kappa shape index (κ1) is 4.32. The third-order valence-corrected chi connectivity index (χ3v) is 1.26. The van der Waals surface area contributed by atoms with Crippen LogP contribution in [0.3, 0.4) is 0 Å². The van der Waals surface area contributed by atoms with E-state index in [9.17, 15) is 0 Å². The van der Waals surface area contributed by atoms with Crippen molar-refractivity contribution in [1.82, 2.24) is 9.97 Å². The SMILES string of the molecule is [2H]c1cnc(SC)nc1. The second kappa shape index (κ2) is 2.67. The van der Waals surface area contributed by atoms with Gasteiger partial charge in [0.05, 0.1) is 1.37 Å². The zero-order valence-corrected chi connectivity index (χ0v) is 5.27. The molecule has 1 aromatic heterocycles. The molecule has 1 rings (SSSR count). The van der Waals surface area contributed by atoms with Crippen LogP contribution >= 0.6 is 11.8 Å². The van der Waals surface area contributed by atoms with E-state index in [-0.39, 0.29) is 0 Å². The lowest BCUT2D eigenvalue weighted by Crippen LogP contribution is -1.79. The topological polar surface area (TPSA) is 25.8 Å². The van der Waals surface area contributed by atoms with E-state index in [0.29, 0.717) is 11.2 Å². The number of aromatic nitrogens is 2. The van der Waals surface area contributed by atoms with E-state index in [2.05, 4.69) is 9.97 Å². The van der Waals surface area contributed by atoms with Gasteiger partial charge in [-0.1, -0.05) is 11.8 Å². The number of thioether (sulfide) groups is 1. The van der Waals surface area contributed by atoms with Gasteiger partial charge in [0.25, 0.3) is 0 Å². The van der Waals surface area contributed by atoms with Crippen molar-refractivity contribution in [2.45, 2.75) is 5.16 Å². The largest absolute Gasteiger partial charge is 0.231 e. The third-order valence-electron chi connectivity index (χ3n) is 0.682. The predicted molar refractivity (Wildman–Crippen MR) is 33.8 cm³/mol. The lowest BCUT2D eigenvalue weighted by Gasteiger charge is -1.87. The Hall–Kier alpha value is -0.570. The van der Waals surface area contributed by atoms with Crippen LogP contribution in [0, 0.1) is 0 Å². The first-order valence-electron chi connectivity index (χ1n) is 2.65. The first-order chi connectivity index (χ1) is 4.33. The molecule has 0 radical (unpaired) electrons. The monoisotopic (exact) mass is 127 g/mol. The summed E-state index contributed by atoms with van der Waals surface area (Å²) in [6, 6.07) is 0.354. The van der Waals surface area contributed by atoms with Crippen LogP contribution in [0.1, 0.15) is 1.37 Å². The minimum absolute atomic E-state index is 0.354. The van der Waals surface area contributed by atoms with Crippen molar-refractivity contribution < 1.29 is 1.37 Å². The van der Waals surface area contributed by atoms with Gasteiger partial charge in [-0.05, 0) is 12.3 Å². The summed E-state index contributed by atoms with van der Waals surface area (Å²) in [5.74, 6) is 0. The lowest BCUT2D eigenvalue weighted by molar-refractivity contribution is 0.970. The second-order valence-electron chi connectivity index (χ2n) is 1.17. The van der Waals surface area contributed by atoms with Crippen LogP contribution in [-0.4, -0.2) is 16.2 Å². The van der Waals surface area contributed by atoms with Gasteiger partial charge in [0.2, 0.25) is 0 Å². The molecule has 0 saturated heterocycles. The fourth-order valence-electron chi connectivity index (χ4n) is 0.357. The number of hydrogen-bond acceptors (Lipinski definition) is 3. The van der Waals surface area contributed by atoms with Gasteiger partial charge in [-0.15, -0.1) is 0 Å². The van der Waals surface area contributed by atoms with Crippen LogP contribution in [0.25, 0.3) is 0 Å². The van der Waals surface area contributed by atoms with Gasteiger partial charge in [-0.3, -0.25) is 0 Å². The van der Waals surface area contributed by atoms with E-state index in [4.69, 9.17) is 1.37 Å². The Balaban J connectivity index is 2.88. The van der Waals surface area contributed by atoms with Gasteiger partial charge in [0, 0.05) is 12.4 Å². The van der Waals surface area contributed by atoms with Gasteiger partial charge in [0.1, 0.15) is 0 Å². The van der Waals surface area contributed by atoms with Gasteiger partial charge < -0.3 is 0 Å². The molecule has 42 valence electrons. The third kappa shape index (κ3) is 1.20. The molecule has 0 amide bonds. The Kier molecular flexibility index (Phi) is 1.44. The Morgan fingerprint density at radius 2 is 2.25 bits per heavy atom. The Bertz CT molecular complexity index is 187. The summed E-state index contributed by atoms with van der Waals surface area (Å²) in [6.45, 7) is 0. The van der Waals surface area contributed by atoms with Crippen LogP contribution in [0.5, 0.6) is 0 Å². The zero-order chi connectivity index (χ0) is 6.69. The van der Waals surface area contributed by atoms with E-state index in [0.717, 1.165) is 0 Å². The van der Waals surface area contributed by atoms with E-state index >= 15 is 0 Å². The van der Waals surface area contributed by atoms with Gasteiger partial charge in [-0.2, -0.15) is 0 Å². The molecule has 0 spiro atoms. The summed E-state index contributed by atoms with van der Waals surface area (Å²) in [5, 5.41) is 0.714. The van der Waals surface area contributed by atoms with Crippen molar-refractivity contribution in [1.29, 1.82) is 0 Å². The van der Waals surface area contributed by atoms with Crippen LogP contribution < -0.4 is 0 Å². The first-order valence-corrected chi connectivity index (χ1v) is 3.38. The molecular formula is C5H6N2S. The summed E-state index contributed by atoms with van der Waals surface area (Å²) in [5.41, 5.74) is 0. The minimum Gasteiger partial charge on any atom is -0.231 e. The molecule has 0 aromatic carbocycles. The number of rotatable bonds is 1. The molecule has 2 nitrogen and oxygen atoms in total. The average Bonchev–Trinajstić information content (AvgIpc) is 1.90. The Labute approximate surface area is 53.8 Å². The molecule has 0 aliphatic rings. The van der Waals surface area contributed by atoms with Crippen LogP contribution in [0.15, 0.2) is 23.6 Å². The van der Waals surface area contributed by atoms with Crippen molar-refractivity contribution in [2.75, 3.05) is 6.26 Å². The molecule has 0 aliphatic heterocycles. The lowest BCUT2D eigenvalue weighted by atomic mass is 10.7. The highest BCUT2D eigenvalue weighted by Gasteiger charge is 1.84. The molecule has 0 fully saturated rings. The van der Waals surface area contributed by atoms with Crippen LogP contribution in [0.2, 0.25) is 0 Å². The highest BCUT2D eigenvalue weighted by Crippen LogP contribution is 2.03. The molecule has 3 heteroatoms.